The molecule has 0 saturated carbocycles. The fourth-order valence-corrected chi connectivity index (χ4v) is 1.81. The molecule has 0 spiro atoms. The molecule has 0 saturated heterocycles. The van der Waals surface area contributed by atoms with E-state index in [4.69, 9.17) is 25.9 Å². The lowest BCUT2D eigenvalue weighted by Gasteiger charge is -2.22. The maximum atomic E-state index is 8.58. The predicted molar refractivity (Wildman–Crippen MR) is 78.9 cm³/mol. The van der Waals surface area contributed by atoms with Crippen LogP contribution in [0.2, 0.25) is 5.02 Å². The highest BCUT2D eigenvalue weighted by Crippen LogP contribution is 2.32. The first-order chi connectivity index (χ1) is 9.39. The van der Waals surface area contributed by atoms with E-state index in [1.165, 1.54) is 0 Å². The minimum absolute atomic E-state index is 0.250. The minimum atomic E-state index is -0.427. The number of allylic oxidation sites excluding steroid dienone is 1. The minimum Gasteiger partial charge on any atom is -0.489 e. The van der Waals surface area contributed by atoms with Crippen LogP contribution in [0.4, 0.5) is 0 Å². The van der Waals surface area contributed by atoms with Crippen molar-refractivity contribution in [2.45, 2.75) is 26.1 Å². The maximum Gasteiger partial charge on any atom is 0.204 e. The molecule has 0 radical (unpaired) electrons. The molecule has 1 amide bonds. The second-order valence-corrected chi connectivity index (χ2v) is 5.07. The monoisotopic (exact) mass is 295 g/mol. The van der Waals surface area contributed by atoms with Gasteiger partial charge in [-0.2, -0.15) is 0 Å². The summed E-state index contributed by atoms with van der Waals surface area (Å²) < 4.78 is 11.3. The molecule has 1 aliphatic rings. The zero-order valence-electron chi connectivity index (χ0n) is 11.6. The average molecular weight is 296 g/mol. The number of amides is 1. The summed E-state index contributed by atoms with van der Waals surface area (Å²) in [7, 11) is 0. The van der Waals surface area contributed by atoms with E-state index in [-0.39, 0.29) is 6.41 Å². The van der Waals surface area contributed by atoms with E-state index in [9.17, 15) is 0 Å². The van der Waals surface area contributed by atoms with Crippen molar-refractivity contribution in [2.75, 3.05) is 0 Å². The van der Waals surface area contributed by atoms with Gasteiger partial charge in [0.15, 0.2) is 5.60 Å². The highest BCUT2D eigenvalue weighted by molar-refractivity contribution is 6.30. The first-order valence-electron chi connectivity index (χ1n) is 6.01. The molecule has 0 bridgehead atoms. The van der Waals surface area contributed by atoms with E-state index in [1.807, 2.05) is 44.2 Å². The van der Waals surface area contributed by atoms with Gasteiger partial charge in [0.25, 0.3) is 0 Å². The first-order valence-corrected chi connectivity index (χ1v) is 6.39. The molecular formula is C15H18ClNO3. The van der Waals surface area contributed by atoms with Gasteiger partial charge in [0.1, 0.15) is 18.1 Å². The Balaban J connectivity index is 0.000000612. The van der Waals surface area contributed by atoms with Crippen LogP contribution < -0.4 is 5.73 Å². The molecule has 2 N–H and O–H groups in total. The van der Waals surface area contributed by atoms with E-state index < -0.39 is 5.60 Å². The Kier molecular flexibility index (Phi) is 5.65. The van der Waals surface area contributed by atoms with Gasteiger partial charge in [-0.1, -0.05) is 30.3 Å². The third-order valence-corrected chi connectivity index (χ3v) is 2.83. The second kappa shape index (κ2) is 7.01. The van der Waals surface area contributed by atoms with Crippen LogP contribution in [0.1, 0.15) is 19.4 Å². The normalized spacial score (nSPS) is 15.6. The van der Waals surface area contributed by atoms with Crippen molar-refractivity contribution in [2.24, 2.45) is 5.73 Å². The third kappa shape index (κ3) is 4.63. The molecule has 1 aliphatic heterocycles. The number of hydrogen-bond acceptors (Lipinski definition) is 3. The highest BCUT2D eigenvalue weighted by atomic mass is 35.5. The number of benzene rings is 1. The van der Waals surface area contributed by atoms with Crippen LogP contribution in [0.5, 0.6) is 0 Å². The molecule has 1 aromatic carbocycles. The standard InChI is InChI=1S/C14H15ClO2.CH3NO/c1-10-8-13(14(2,3)17-10)16-9-11-4-6-12(15)7-5-11;2-1-3/h4-8H,1,9H2,2-3H3;1H,(H2,2,3). The lowest BCUT2D eigenvalue weighted by molar-refractivity contribution is -0.106. The van der Waals surface area contributed by atoms with Gasteiger partial charge in [0.2, 0.25) is 6.41 Å². The van der Waals surface area contributed by atoms with Gasteiger partial charge in [-0.25, -0.2) is 0 Å². The number of hydrogen-bond donors (Lipinski definition) is 1. The summed E-state index contributed by atoms with van der Waals surface area (Å²) in [6, 6.07) is 7.59. The number of halogens is 1. The quantitative estimate of drug-likeness (QED) is 0.871. The Morgan fingerprint density at radius 2 is 1.95 bits per heavy atom. The molecule has 1 aromatic rings. The van der Waals surface area contributed by atoms with Gasteiger partial charge < -0.3 is 15.2 Å². The van der Waals surface area contributed by atoms with E-state index in [2.05, 4.69) is 12.3 Å². The third-order valence-electron chi connectivity index (χ3n) is 2.58. The molecule has 0 unspecified atom stereocenters. The van der Waals surface area contributed by atoms with Crippen LogP contribution in [0.25, 0.3) is 0 Å². The molecule has 4 nitrogen and oxygen atoms in total. The van der Waals surface area contributed by atoms with Crippen LogP contribution in [0, 0.1) is 0 Å². The van der Waals surface area contributed by atoms with E-state index in [0.717, 1.165) is 16.3 Å². The number of nitrogens with two attached hydrogens (primary N) is 1. The molecule has 0 fully saturated rings. The Morgan fingerprint density at radius 3 is 2.40 bits per heavy atom. The Morgan fingerprint density at radius 1 is 1.40 bits per heavy atom. The summed E-state index contributed by atoms with van der Waals surface area (Å²) in [5.41, 5.74) is 4.81. The lowest BCUT2D eigenvalue weighted by atomic mass is 10.1. The van der Waals surface area contributed by atoms with Gasteiger partial charge in [-0.05, 0) is 31.5 Å². The fourth-order valence-electron chi connectivity index (χ4n) is 1.68. The predicted octanol–water partition coefficient (Wildman–Crippen LogP) is 3.16. The van der Waals surface area contributed by atoms with Gasteiger partial charge in [-0.15, -0.1) is 0 Å². The first kappa shape index (κ1) is 16.1. The van der Waals surface area contributed by atoms with Gasteiger partial charge in [-0.3, -0.25) is 4.79 Å². The smallest absolute Gasteiger partial charge is 0.204 e. The number of rotatable bonds is 3. The van der Waals surface area contributed by atoms with Crippen LogP contribution in [0.3, 0.4) is 0 Å². The van der Waals surface area contributed by atoms with Crippen molar-refractivity contribution < 1.29 is 14.3 Å². The highest BCUT2D eigenvalue weighted by Gasteiger charge is 2.32. The van der Waals surface area contributed by atoms with Crippen LogP contribution >= 0.6 is 11.6 Å². The molecule has 20 heavy (non-hydrogen) atoms. The number of primary amides is 1. The summed E-state index contributed by atoms with van der Waals surface area (Å²) >= 11 is 5.82. The van der Waals surface area contributed by atoms with Crippen molar-refractivity contribution in [3.8, 4) is 0 Å². The summed E-state index contributed by atoms with van der Waals surface area (Å²) in [4.78, 5) is 8.58. The van der Waals surface area contributed by atoms with Crippen molar-refractivity contribution in [1.82, 2.24) is 0 Å². The van der Waals surface area contributed by atoms with E-state index in [0.29, 0.717) is 12.4 Å². The number of carbonyl (C=O) groups is 1. The topological polar surface area (TPSA) is 61.6 Å². The van der Waals surface area contributed by atoms with E-state index in [1.54, 1.807) is 0 Å². The SMILES string of the molecule is C=C1C=C(OCc2ccc(Cl)cc2)C(C)(C)O1.NC=O. The zero-order chi connectivity index (χ0) is 15.2. The molecule has 5 heteroatoms. The van der Waals surface area contributed by atoms with Gasteiger partial charge >= 0.3 is 0 Å². The number of carbonyl (C=O) groups excluding carboxylic acids is 1. The molecular weight excluding hydrogens is 278 g/mol. The molecule has 0 aliphatic carbocycles. The lowest BCUT2D eigenvalue weighted by Crippen LogP contribution is -2.23. The van der Waals surface area contributed by atoms with Crippen molar-refractivity contribution in [3.63, 3.8) is 0 Å². The van der Waals surface area contributed by atoms with Crippen molar-refractivity contribution in [1.29, 1.82) is 0 Å². The Labute approximate surface area is 123 Å². The van der Waals surface area contributed by atoms with Crippen LogP contribution in [-0.2, 0) is 20.9 Å². The van der Waals surface area contributed by atoms with Gasteiger partial charge in [0.05, 0.1) is 0 Å². The van der Waals surface area contributed by atoms with Crippen LogP contribution in [-0.4, -0.2) is 12.0 Å². The second-order valence-electron chi connectivity index (χ2n) is 4.64. The maximum absolute atomic E-state index is 8.58. The zero-order valence-corrected chi connectivity index (χ0v) is 12.3. The summed E-state index contributed by atoms with van der Waals surface area (Å²) in [5, 5.41) is 0.728. The molecule has 0 atom stereocenters. The largest absolute Gasteiger partial charge is 0.489 e. The fraction of sp³-hybridized carbons (Fsp3) is 0.267. The average Bonchev–Trinajstić information content (AvgIpc) is 2.62. The summed E-state index contributed by atoms with van der Waals surface area (Å²) in [5.74, 6) is 1.44. The Hall–Kier alpha value is -1.94. The van der Waals surface area contributed by atoms with Gasteiger partial charge in [0, 0.05) is 11.1 Å². The molecule has 108 valence electrons. The molecule has 1 heterocycles. The van der Waals surface area contributed by atoms with E-state index >= 15 is 0 Å². The summed E-state index contributed by atoms with van der Waals surface area (Å²) in [6.07, 6.45) is 2.08. The van der Waals surface area contributed by atoms with Crippen LogP contribution in [0.15, 0.2) is 48.4 Å². The number of ether oxygens (including phenoxy) is 2. The molecule has 2 rings (SSSR count). The summed E-state index contributed by atoms with van der Waals surface area (Å²) in [6.45, 7) is 8.19. The van der Waals surface area contributed by atoms with Crippen molar-refractivity contribution in [3.05, 3.63) is 59.0 Å². The molecule has 0 aromatic heterocycles. The van der Waals surface area contributed by atoms with Crippen molar-refractivity contribution >= 4 is 18.0 Å². The Bertz CT molecular complexity index is 506.